The zero-order valence-corrected chi connectivity index (χ0v) is 20.8. The Hall–Kier alpha value is -3.30. The summed E-state index contributed by atoms with van der Waals surface area (Å²) in [6, 6.07) is 6.10. The van der Waals surface area contributed by atoms with Crippen molar-refractivity contribution < 1.29 is 14.3 Å². The molecule has 184 valence electrons. The zero-order chi connectivity index (χ0) is 24.6. The molecule has 0 spiro atoms. The van der Waals surface area contributed by atoms with Crippen molar-refractivity contribution in [3.8, 4) is 23.0 Å². The quantitative estimate of drug-likeness (QED) is 0.584. The summed E-state index contributed by atoms with van der Waals surface area (Å²) in [4.78, 5) is 24.8. The molecule has 1 fully saturated rings. The first-order chi connectivity index (χ1) is 16.9. The molecule has 0 unspecified atom stereocenters. The molecule has 9 nitrogen and oxygen atoms in total. The van der Waals surface area contributed by atoms with Crippen LogP contribution in [0.1, 0.15) is 41.0 Å². The third-order valence-electron chi connectivity index (χ3n) is 7.08. The third-order valence-corrected chi connectivity index (χ3v) is 7.08. The monoisotopic (exact) mass is 476 g/mol. The van der Waals surface area contributed by atoms with E-state index in [2.05, 4.69) is 40.2 Å². The van der Waals surface area contributed by atoms with Crippen LogP contribution in [0.5, 0.6) is 5.75 Å². The lowest BCUT2D eigenvalue weighted by molar-refractivity contribution is -0.00923. The van der Waals surface area contributed by atoms with Crippen molar-refractivity contribution in [1.82, 2.24) is 30.0 Å². The maximum absolute atomic E-state index is 13.0. The summed E-state index contributed by atoms with van der Waals surface area (Å²) in [5.74, 6) is 1.10. The van der Waals surface area contributed by atoms with E-state index in [4.69, 9.17) is 14.5 Å². The first kappa shape index (κ1) is 23.4. The molecular formula is C26H32N6O3. The second-order valence-corrected chi connectivity index (χ2v) is 9.72. The van der Waals surface area contributed by atoms with Crippen LogP contribution >= 0.6 is 0 Å². The summed E-state index contributed by atoms with van der Waals surface area (Å²) in [7, 11) is 1.67. The summed E-state index contributed by atoms with van der Waals surface area (Å²) >= 11 is 0. The smallest absolute Gasteiger partial charge is 0.254 e. The number of benzene rings is 1. The van der Waals surface area contributed by atoms with E-state index in [1.807, 2.05) is 25.3 Å². The minimum absolute atomic E-state index is 0.150. The predicted molar refractivity (Wildman–Crippen MR) is 132 cm³/mol. The number of aryl methyl sites for hydroxylation is 2. The van der Waals surface area contributed by atoms with E-state index in [9.17, 15) is 4.79 Å². The second kappa shape index (κ2) is 9.39. The summed E-state index contributed by atoms with van der Waals surface area (Å²) < 4.78 is 12.5. The van der Waals surface area contributed by atoms with Crippen LogP contribution in [0.25, 0.3) is 17.2 Å². The molecule has 1 N–H and O–H groups in total. The van der Waals surface area contributed by atoms with Gasteiger partial charge in [-0.3, -0.25) is 9.69 Å². The molecule has 0 saturated carbocycles. The number of rotatable bonds is 6. The van der Waals surface area contributed by atoms with Gasteiger partial charge in [-0.25, -0.2) is 14.6 Å². The highest BCUT2D eigenvalue weighted by Gasteiger charge is 2.29. The molecule has 1 aliphatic carbocycles. The summed E-state index contributed by atoms with van der Waals surface area (Å²) in [5, 5.41) is 7.55. The average Bonchev–Trinajstić information content (AvgIpc) is 3.28. The Morgan fingerprint density at radius 2 is 1.94 bits per heavy atom. The molecule has 3 aromatic rings. The molecular weight excluding hydrogens is 444 g/mol. The van der Waals surface area contributed by atoms with E-state index >= 15 is 0 Å². The van der Waals surface area contributed by atoms with E-state index in [0.29, 0.717) is 23.8 Å². The van der Waals surface area contributed by atoms with Crippen molar-refractivity contribution in [3.05, 3.63) is 53.0 Å². The van der Waals surface area contributed by atoms with Crippen LogP contribution in [0.15, 0.2) is 30.6 Å². The fraction of sp³-hybridized carbons (Fsp3) is 0.462. The Kier molecular flexibility index (Phi) is 6.29. The van der Waals surface area contributed by atoms with Gasteiger partial charge in [0.2, 0.25) is 0 Å². The van der Waals surface area contributed by atoms with Gasteiger partial charge in [-0.05, 0) is 56.9 Å². The van der Waals surface area contributed by atoms with Gasteiger partial charge in [-0.1, -0.05) is 6.07 Å². The molecule has 0 bridgehead atoms. The second-order valence-electron chi connectivity index (χ2n) is 9.72. The van der Waals surface area contributed by atoms with Gasteiger partial charge in [0.05, 0.1) is 43.5 Å². The number of nitrogens with one attached hydrogen (secondary N) is 1. The van der Waals surface area contributed by atoms with Gasteiger partial charge < -0.3 is 14.8 Å². The Morgan fingerprint density at radius 1 is 1.17 bits per heavy atom. The van der Waals surface area contributed by atoms with Crippen molar-refractivity contribution >= 4 is 5.91 Å². The van der Waals surface area contributed by atoms with Crippen molar-refractivity contribution in [1.29, 1.82) is 0 Å². The Balaban J connectivity index is 1.37. The summed E-state index contributed by atoms with van der Waals surface area (Å²) in [5.41, 5.74) is 5.34. The van der Waals surface area contributed by atoms with E-state index in [1.54, 1.807) is 18.0 Å². The van der Waals surface area contributed by atoms with Gasteiger partial charge in [-0.2, -0.15) is 5.10 Å². The lowest BCUT2D eigenvalue weighted by Crippen LogP contribution is -2.55. The Bertz CT molecular complexity index is 1250. The van der Waals surface area contributed by atoms with Crippen LogP contribution in [-0.2, 0) is 17.6 Å². The number of ether oxygens (including phenoxy) is 2. The standard InChI is InChI=1S/C26H32N6O3/c1-17-22(24(33)28-16-26(2,3)31-9-11-35-12-10-31)15-29-32(17)25-27-14-19-6-5-18-7-8-20(34-4)13-21(18)23(19)30-25/h7-8,13-15H,5-6,9-12,16H2,1-4H3,(H,28,33). The van der Waals surface area contributed by atoms with Crippen LogP contribution < -0.4 is 10.1 Å². The molecule has 3 heterocycles. The number of hydrogen-bond donors (Lipinski definition) is 1. The zero-order valence-electron chi connectivity index (χ0n) is 20.8. The predicted octanol–water partition coefficient (Wildman–Crippen LogP) is 2.59. The lowest BCUT2D eigenvalue weighted by Gasteiger charge is -2.40. The van der Waals surface area contributed by atoms with Crippen LogP contribution in [0, 0.1) is 6.92 Å². The maximum atomic E-state index is 13.0. The van der Waals surface area contributed by atoms with Gasteiger partial charge in [0, 0.05) is 36.9 Å². The maximum Gasteiger partial charge on any atom is 0.254 e. The number of hydrogen-bond acceptors (Lipinski definition) is 7. The van der Waals surface area contributed by atoms with Crippen molar-refractivity contribution in [2.24, 2.45) is 0 Å². The van der Waals surface area contributed by atoms with E-state index in [0.717, 1.165) is 61.7 Å². The average molecular weight is 477 g/mol. The van der Waals surface area contributed by atoms with Crippen LogP contribution in [0.4, 0.5) is 0 Å². The van der Waals surface area contributed by atoms with Crippen molar-refractivity contribution in [3.63, 3.8) is 0 Å². The number of amides is 1. The fourth-order valence-electron chi connectivity index (χ4n) is 4.81. The first-order valence-electron chi connectivity index (χ1n) is 12.1. The molecule has 1 amide bonds. The normalized spacial score (nSPS) is 15.9. The van der Waals surface area contributed by atoms with Gasteiger partial charge >= 0.3 is 0 Å². The van der Waals surface area contributed by atoms with E-state index in [1.165, 1.54) is 5.56 Å². The lowest BCUT2D eigenvalue weighted by atomic mass is 9.90. The highest BCUT2D eigenvalue weighted by atomic mass is 16.5. The number of morpholine rings is 1. The minimum Gasteiger partial charge on any atom is -0.497 e. The molecule has 0 atom stereocenters. The first-order valence-corrected chi connectivity index (χ1v) is 12.1. The fourth-order valence-corrected chi connectivity index (χ4v) is 4.81. The van der Waals surface area contributed by atoms with E-state index in [-0.39, 0.29) is 11.4 Å². The molecule has 9 heteroatoms. The largest absolute Gasteiger partial charge is 0.497 e. The number of aromatic nitrogens is 4. The number of fused-ring (bicyclic) bond motifs is 3. The molecule has 5 rings (SSSR count). The summed E-state index contributed by atoms with van der Waals surface area (Å²) in [6.45, 7) is 9.86. The minimum atomic E-state index is -0.167. The van der Waals surface area contributed by atoms with Crippen molar-refractivity contribution in [2.75, 3.05) is 40.0 Å². The van der Waals surface area contributed by atoms with Gasteiger partial charge in [0.15, 0.2) is 0 Å². The van der Waals surface area contributed by atoms with Crippen LogP contribution in [0.2, 0.25) is 0 Å². The Morgan fingerprint density at radius 3 is 2.71 bits per heavy atom. The van der Waals surface area contributed by atoms with Crippen LogP contribution in [-0.4, -0.2) is 76.1 Å². The molecule has 2 aromatic heterocycles. The molecule has 1 aromatic carbocycles. The molecule has 0 radical (unpaired) electrons. The molecule has 1 aliphatic heterocycles. The SMILES string of the molecule is COc1ccc2c(c1)-c1nc(-n3ncc(C(=O)NCC(C)(C)N4CCOCC4)c3C)ncc1CC2. The Labute approximate surface area is 205 Å². The highest BCUT2D eigenvalue weighted by Crippen LogP contribution is 2.34. The molecule has 35 heavy (non-hydrogen) atoms. The van der Waals surface area contributed by atoms with Crippen molar-refractivity contribution in [2.45, 2.75) is 39.2 Å². The van der Waals surface area contributed by atoms with E-state index < -0.39 is 0 Å². The van der Waals surface area contributed by atoms with Gasteiger partial charge in [0.25, 0.3) is 11.9 Å². The van der Waals surface area contributed by atoms with Gasteiger partial charge in [-0.15, -0.1) is 0 Å². The molecule has 1 saturated heterocycles. The summed E-state index contributed by atoms with van der Waals surface area (Å²) in [6.07, 6.45) is 5.29. The number of nitrogens with zero attached hydrogens (tertiary/aromatic N) is 5. The topological polar surface area (TPSA) is 94.4 Å². The number of methoxy groups -OCH3 is 1. The number of carbonyl (C=O) groups is 1. The van der Waals surface area contributed by atoms with Crippen LogP contribution in [0.3, 0.4) is 0 Å². The third kappa shape index (κ3) is 4.53. The highest BCUT2D eigenvalue weighted by molar-refractivity contribution is 5.95. The van der Waals surface area contributed by atoms with Gasteiger partial charge in [0.1, 0.15) is 5.75 Å². The number of carbonyl (C=O) groups excluding carboxylic acids is 1. The molecule has 2 aliphatic rings.